The molecule has 3 fully saturated rings. The maximum absolute atomic E-state index is 12.8. The van der Waals surface area contributed by atoms with Crippen LogP contribution < -0.4 is 5.32 Å². The van der Waals surface area contributed by atoms with Crippen molar-refractivity contribution >= 4 is 11.8 Å². The fraction of sp³-hybridized carbons (Fsp3) is 0.867. The third kappa shape index (κ3) is 1.96. The van der Waals surface area contributed by atoms with E-state index in [9.17, 15) is 9.59 Å². The Balaban J connectivity index is 1.81. The van der Waals surface area contributed by atoms with Gasteiger partial charge in [-0.1, -0.05) is 26.2 Å². The molecule has 1 N–H and O–H groups in total. The largest absolute Gasteiger partial charge is 0.340 e. The maximum atomic E-state index is 12.8. The lowest BCUT2D eigenvalue weighted by Gasteiger charge is -2.43. The first-order valence-electron chi connectivity index (χ1n) is 7.74. The minimum Gasteiger partial charge on any atom is -0.340 e. The molecule has 0 bridgehead atoms. The second kappa shape index (κ2) is 4.50. The molecule has 2 aliphatic carbocycles. The maximum Gasteiger partial charge on any atom is 0.249 e. The van der Waals surface area contributed by atoms with E-state index in [0.717, 1.165) is 38.5 Å². The van der Waals surface area contributed by atoms with Gasteiger partial charge in [0, 0.05) is 6.04 Å². The second-order valence-corrected chi connectivity index (χ2v) is 6.52. The van der Waals surface area contributed by atoms with Gasteiger partial charge in [0.05, 0.1) is 0 Å². The zero-order chi connectivity index (χ0) is 13.6. The molecule has 1 saturated heterocycles. The van der Waals surface area contributed by atoms with Gasteiger partial charge in [0.2, 0.25) is 11.8 Å². The lowest BCUT2D eigenvalue weighted by atomic mass is 9.90. The fourth-order valence-electron chi connectivity index (χ4n) is 3.95. The summed E-state index contributed by atoms with van der Waals surface area (Å²) in [5.41, 5.74) is -0.553. The average molecular weight is 264 g/mol. The zero-order valence-corrected chi connectivity index (χ0v) is 11.9. The predicted molar refractivity (Wildman–Crippen MR) is 72.5 cm³/mol. The lowest BCUT2D eigenvalue weighted by Crippen LogP contribution is -2.69. The highest BCUT2D eigenvalue weighted by atomic mass is 16.2. The van der Waals surface area contributed by atoms with Gasteiger partial charge in [0.25, 0.3) is 0 Å². The Labute approximate surface area is 114 Å². The molecule has 3 rings (SSSR count). The Morgan fingerprint density at radius 1 is 1.32 bits per heavy atom. The number of piperazine rings is 1. The molecule has 19 heavy (non-hydrogen) atoms. The minimum absolute atomic E-state index is 0.0450. The number of nitrogens with zero attached hydrogens (tertiary/aromatic N) is 1. The van der Waals surface area contributed by atoms with Crippen molar-refractivity contribution in [3.05, 3.63) is 0 Å². The van der Waals surface area contributed by atoms with Gasteiger partial charge in [-0.15, -0.1) is 0 Å². The van der Waals surface area contributed by atoms with Crippen LogP contribution in [0.2, 0.25) is 0 Å². The second-order valence-electron chi connectivity index (χ2n) is 6.52. The van der Waals surface area contributed by atoms with Gasteiger partial charge in [-0.2, -0.15) is 0 Å². The molecule has 3 atom stereocenters. The zero-order valence-electron chi connectivity index (χ0n) is 11.9. The summed E-state index contributed by atoms with van der Waals surface area (Å²) in [6.45, 7) is 4.05. The van der Waals surface area contributed by atoms with Crippen LogP contribution in [0.4, 0.5) is 0 Å². The van der Waals surface area contributed by atoms with Crippen LogP contribution in [0.3, 0.4) is 0 Å². The molecule has 0 aromatic carbocycles. The predicted octanol–water partition coefficient (Wildman–Crippen LogP) is 1.83. The molecule has 3 unspecified atom stereocenters. The Hall–Kier alpha value is -1.06. The van der Waals surface area contributed by atoms with Gasteiger partial charge in [-0.3, -0.25) is 9.59 Å². The lowest BCUT2D eigenvalue weighted by molar-refractivity contribution is -0.155. The van der Waals surface area contributed by atoms with Crippen molar-refractivity contribution in [2.45, 2.75) is 76.4 Å². The van der Waals surface area contributed by atoms with Gasteiger partial charge in [-0.25, -0.2) is 0 Å². The summed E-state index contributed by atoms with van der Waals surface area (Å²) in [5, 5.41) is 3.02. The SMILES string of the molecule is CCCC1CC1N1C(=O)C2(CCCC2)NC(=O)C1C. The van der Waals surface area contributed by atoms with Crippen molar-refractivity contribution < 1.29 is 9.59 Å². The van der Waals surface area contributed by atoms with Crippen LogP contribution >= 0.6 is 0 Å². The van der Waals surface area contributed by atoms with Crippen molar-refractivity contribution in [1.29, 1.82) is 0 Å². The van der Waals surface area contributed by atoms with Crippen molar-refractivity contribution in [1.82, 2.24) is 10.2 Å². The van der Waals surface area contributed by atoms with Crippen LogP contribution in [0.25, 0.3) is 0 Å². The first kappa shape index (κ1) is 12.9. The van der Waals surface area contributed by atoms with Crippen LogP contribution in [-0.2, 0) is 9.59 Å². The summed E-state index contributed by atoms with van der Waals surface area (Å²) in [6.07, 6.45) is 7.19. The summed E-state index contributed by atoms with van der Waals surface area (Å²) >= 11 is 0. The van der Waals surface area contributed by atoms with E-state index in [1.165, 1.54) is 6.42 Å². The molecular formula is C15H24N2O2. The number of hydrogen-bond donors (Lipinski definition) is 1. The summed E-state index contributed by atoms with van der Waals surface area (Å²) in [7, 11) is 0. The molecule has 0 aromatic heterocycles. The molecule has 106 valence electrons. The molecule has 3 aliphatic rings. The van der Waals surface area contributed by atoms with E-state index in [4.69, 9.17) is 0 Å². The van der Waals surface area contributed by atoms with Crippen LogP contribution in [0.5, 0.6) is 0 Å². The number of hydrogen-bond acceptors (Lipinski definition) is 2. The number of carbonyl (C=O) groups is 2. The molecule has 0 aromatic rings. The molecular weight excluding hydrogens is 240 g/mol. The van der Waals surface area contributed by atoms with Crippen molar-refractivity contribution in [2.24, 2.45) is 5.92 Å². The summed E-state index contributed by atoms with van der Waals surface area (Å²) < 4.78 is 0. The number of rotatable bonds is 3. The highest BCUT2D eigenvalue weighted by Crippen LogP contribution is 2.44. The van der Waals surface area contributed by atoms with E-state index >= 15 is 0 Å². The van der Waals surface area contributed by atoms with Gasteiger partial charge >= 0.3 is 0 Å². The van der Waals surface area contributed by atoms with Crippen molar-refractivity contribution in [2.75, 3.05) is 0 Å². The number of nitrogens with one attached hydrogen (secondary N) is 1. The standard InChI is InChI=1S/C15H24N2O2/c1-3-6-11-9-12(11)17-10(2)13(18)16-15(14(17)19)7-4-5-8-15/h10-12H,3-9H2,1-2H3,(H,16,18). The molecule has 2 saturated carbocycles. The third-order valence-corrected chi connectivity index (χ3v) is 5.16. The fourth-order valence-corrected chi connectivity index (χ4v) is 3.95. The van der Waals surface area contributed by atoms with E-state index in [-0.39, 0.29) is 17.9 Å². The topological polar surface area (TPSA) is 49.4 Å². The Kier molecular flexibility index (Phi) is 3.06. The van der Waals surface area contributed by atoms with E-state index < -0.39 is 5.54 Å². The summed E-state index contributed by atoms with van der Waals surface area (Å²) in [4.78, 5) is 27.0. The summed E-state index contributed by atoms with van der Waals surface area (Å²) in [6, 6.07) is 0.0385. The van der Waals surface area contributed by atoms with Crippen molar-refractivity contribution in [3.8, 4) is 0 Å². The molecule has 4 heteroatoms. The monoisotopic (exact) mass is 264 g/mol. The highest BCUT2D eigenvalue weighted by molar-refractivity contribution is 6.00. The number of amides is 2. The van der Waals surface area contributed by atoms with Gasteiger partial charge in [0.1, 0.15) is 11.6 Å². The van der Waals surface area contributed by atoms with Crippen LogP contribution in [0, 0.1) is 5.92 Å². The van der Waals surface area contributed by atoms with Gasteiger partial charge in [-0.05, 0) is 38.5 Å². The molecule has 0 radical (unpaired) electrons. The molecule has 1 aliphatic heterocycles. The quantitative estimate of drug-likeness (QED) is 0.845. The van der Waals surface area contributed by atoms with Crippen molar-refractivity contribution in [3.63, 3.8) is 0 Å². The molecule has 4 nitrogen and oxygen atoms in total. The van der Waals surface area contributed by atoms with Gasteiger partial charge in [0.15, 0.2) is 0 Å². The summed E-state index contributed by atoms with van der Waals surface area (Å²) in [5.74, 6) is 0.866. The number of carbonyl (C=O) groups excluding carboxylic acids is 2. The Morgan fingerprint density at radius 2 is 2.00 bits per heavy atom. The van der Waals surface area contributed by atoms with Crippen LogP contribution in [0.15, 0.2) is 0 Å². The first-order chi connectivity index (χ1) is 9.09. The molecule has 2 amide bonds. The first-order valence-corrected chi connectivity index (χ1v) is 7.74. The molecule has 1 spiro atoms. The van der Waals surface area contributed by atoms with Crippen LogP contribution in [0.1, 0.15) is 58.8 Å². The van der Waals surface area contributed by atoms with E-state index in [1.54, 1.807) is 0 Å². The molecule has 1 heterocycles. The van der Waals surface area contributed by atoms with Crippen LogP contribution in [-0.4, -0.2) is 34.3 Å². The Morgan fingerprint density at radius 3 is 2.63 bits per heavy atom. The van der Waals surface area contributed by atoms with E-state index in [2.05, 4.69) is 12.2 Å². The minimum atomic E-state index is -0.553. The van der Waals surface area contributed by atoms with E-state index in [1.807, 2.05) is 11.8 Å². The highest BCUT2D eigenvalue weighted by Gasteiger charge is 2.56. The van der Waals surface area contributed by atoms with Gasteiger partial charge < -0.3 is 10.2 Å². The van der Waals surface area contributed by atoms with E-state index in [0.29, 0.717) is 12.0 Å². The third-order valence-electron chi connectivity index (χ3n) is 5.16. The smallest absolute Gasteiger partial charge is 0.249 e. The normalized spacial score (nSPS) is 36.7. The Bertz CT molecular complexity index is 401. The average Bonchev–Trinajstić information content (AvgIpc) is 2.96.